The van der Waals surface area contributed by atoms with Crippen LogP contribution in [0.25, 0.3) is 0 Å². The molecule has 1 rings (SSSR count). The maximum atomic E-state index is 6.07. The quantitative estimate of drug-likeness (QED) is 0.733. The normalized spacial score (nSPS) is 10.8. The van der Waals surface area contributed by atoms with E-state index in [0.717, 1.165) is 49.7 Å². The predicted molar refractivity (Wildman–Crippen MR) is 74.1 cm³/mol. The number of rotatable bonds is 8. The number of hydrogen-bond acceptors (Lipinski definition) is 2. The van der Waals surface area contributed by atoms with Gasteiger partial charge in [-0.3, -0.25) is 0 Å². The molecular formula is C13H19Cl2NO. The molecule has 1 aromatic rings. The van der Waals surface area contributed by atoms with E-state index in [4.69, 9.17) is 27.9 Å². The number of benzene rings is 1. The highest BCUT2D eigenvalue weighted by atomic mass is 35.5. The highest BCUT2D eigenvalue weighted by Crippen LogP contribution is 2.20. The molecule has 0 saturated heterocycles. The molecule has 1 N–H and O–H groups in total. The van der Waals surface area contributed by atoms with Gasteiger partial charge in [-0.25, -0.2) is 0 Å². The van der Waals surface area contributed by atoms with Crippen molar-refractivity contribution in [3.05, 3.63) is 33.8 Å². The van der Waals surface area contributed by atoms with Gasteiger partial charge in [0, 0.05) is 23.2 Å². The van der Waals surface area contributed by atoms with Crippen molar-refractivity contribution < 1.29 is 4.74 Å². The van der Waals surface area contributed by atoms with Gasteiger partial charge in [-0.1, -0.05) is 36.2 Å². The Kier molecular flexibility index (Phi) is 7.62. The van der Waals surface area contributed by atoms with Crippen LogP contribution in [0.5, 0.6) is 0 Å². The largest absolute Gasteiger partial charge is 0.380 e. The molecule has 0 aliphatic heterocycles. The van der Waals surface area contributed by atoms with Crippen LogP contribution in [0.4, 0.5) is 0 Å². The zero-order chi connectivity index (χ0) is 12.5. The highest BCUT2D eigenvalue weighted by Gasteiger charge is 2.00. The number of nitrogens with one attached hydrogen (secondary N) is 1. The summed E-state index contributed by atoms with van der Waals surface area (Å²) in [6, 6.07) is 5.62. The van der Waals surface area contributed by atoms with Gasteiger partial charge in [0.25, 0.3) is 0 Å². The SMILES string of the molecule is CCCOCCNCCc1ccc(Cl)cc1Cl. The molecular weight excluding hydrogens is 257 g/mol. The number of hydrogen-bond donors (Lipinski definition) is 1. The van der Waals surface area contributed by atoms with Gasteiger partial charge in [0.05, 0.1) is 6.61 Å². The molecule has 96 valence electrons. The topological polar surface area (TPSA) is 21.3 Å². The molecule has 0 radical (unpaired) electrons. The summed E-state index contributed by atoms with van der Waals surface area (Å²) >= 11 is 11.9. The minimum Gasteiger partial charge on any atom is -0.380 e. The Morgan fingerprint density at radius 3 is 2.71 bits per heavy atom. The first kappa shape index (κ1) is 14.8. The van der Waals surface area contributed by atoms with Crippen LogP contribution in [0.3, 0.4) is 0 Å². The lowest BCUT2D eigenvalue weighted by atomic mass is 10.1. The van der Waals surface area contributed by atoms with Crippen molar-refractivity contribution in [2.75, 3.05) is 26.3 Å². The fourth-order valence-electron chi connectivity index (χ4n) is 1.46. The van der Waals surface area contributed by atoms with Gasteiger partial charge >= 0.3 is 0 Å². The number of ether oxygens (including phenoxy) is 1. The molecule has 0 bridgehead atoms. The summed E-state index contributed by atoms with van der Waals surface area (Å²) in [5, 5.41) is 4.74. The second-order valence-corrected chi connectivity index (χ2v) is 4.69. The van der Waals surface area contributed by atoms with Crippen LogP contribution in [0.1, 0.15) is 18.9 Å². The summed E-state index contributed by atoms with van der Waals surface area (Å²) in [7, 11) is 0. The Labute approximate surface area is 113 Å². The first-order valence-corrected chi connectivity index (χ1v) is 6.72. The van der Waals surface area contributed by atoms with Crippen molar-refractivity contribution in [2.45, 2.75) is 19.8 Å². The molecule has 0 saturated carbocycles. The first-order valence-electron chi connectivity index (χ1n) is 5.96. The Morgan fingerprint density at radius 2 is 2.00 bits per heavy atom. The van der Waals surface area contributed by atoms with Crippen LogP contribution in [0.2, 0.25) is 10.0 Å². The summed E-state index contributed by atoms with van der Waals surface area (Å²) in [4.78, 5) is 0. The average Bonchev–Trinajstić information content (AvgIpc) is 2.30. The van der Waals surface area contributed by atoms with Gasteiger partial charge in [-0.05, 0) is 37.1 Å². The van der Waals surface area contributed by atoms with Crippen LogP contribution in [-0.2, 0) is 11.2 Å². The molecule has 0 aromatic heterocycles. The second kappa shape index (κ2) is 8.76. The Morgan fingerprint density at radius 1 is 1.18 bits per heavy atom. The Bertz CT molecular complexity index is 331. The van der Waals surface area contributed by atoms with Crippen LogP contribution in [0.15, 0.2) is 18.2 Å². The zero-order valence-corrected chi connectivity index (χ0v) is 11.7. The average molecular weight is 276 g/mol. The fourth-order valence-corrected chi connectivity index (χ4v) is 1.97. The van der Waals surface area contributed by atoms with E-state index >= 15 is 0 Å². The summed E-state index contributed by atoms with van der Waals surface area (Å²) in [5.74, 6) is 0. The van der Waals surface area contributed by atoms with Gasteiger partial charge in [0.2, 0.25) is 0 Å². The molecule has 0 amide bonds. The van der Waals surface area contributed by atoms with Gasteiger partial charge < -0.3 is 10.1 Å². The molecule has 0 fully saturated rings. The predicted octanol–water partition coefficient (Wildman–Crippen LogP) is 3.55. The Hall–Kier alpha value is -0.280. The zero-order valence-electron chi connectivity index (χ0n) is 10.1. The minimum atomic E-state index is 0.680. The van der Waals surface area contributed by atoms with Crippen molar-refractivity contribution in [3.8, 4) is 0 Å². The maximum Gasteiger partial charge on any atom is 0.0590 e. The molecule has 4 heteroatoms. The monoisotopic (exact) mass is 275 g/mol. The fraction of sp³-hybridized carbons (Fsp3) is 0.538. The molecule has 0 aliphatic rings. The van der Waals surface area contributed by atoms with E-state index < -0.39 is 0 Å². The van der Waals surface area contributed by atoms with Crippen molar-refractivity contribution in [1.82, 2.24) is 5.32 Å². The van der Waals surface area contributed by atoms with E-state index in [0.29, 0.717) is 5.02 Å². The minimum absolute atomic E-state index is 0.680. The van der Waals surface area contributed by atoms with Crippen LogP contribution in [-0.4, -0.2) is 26.3 Å². The van der Waals surface area contributed by atoms with E-state index in [1.54, 1.807) is 6.07 Å². The van der Waals surface area contributed by atoms with E-state index in [1.165, 1.54) is 0 Å². The lowest BCUT2D eigenvalue weighted by molar-refractivity contribution is 0.137. The third kappa shape index (κ3) is 6.27. The summed E-state index contributed by atoms with van der Waals surface area (Å²) < 4.78 is 5.37. The van der Waals surface area contributed by atoms with Crippen molar-refractivity contribution in [1.29, 1.82) is 0 Å². The van der Waals surface area contributed by atoms with Crippen LogP contribution < -0.4 is 5.32 Å². The second-order valence-electron chi connectivity index (χ2n) is 3.85. The molecule has 0 heterocycles. The third-order valence-corrected chi connectivity index (χ3v) is 2.94. The van der Waals surface area contributed by atoms with E-state index in [-0.39, 0.29) is 0 Å². The van der Waals surface area contributed by atoms with E-state index in [1.807, 2.05) is 12.1 Å². The van der Waals surface area contributed by atoms with Crippen molar-refractivity contribution in [3.63, 3.8) is 0 Å². The number of halogens is 2. The molecule has 0 aliphatic carbocycles. The Balaban J connectivity index is 2.14. The lowest BCUT2D eigenvalue weighted by Gasteiger charge is -2.07. The van der Waals surface area contributed by atoms with Gasteiger partial charge in [-0.15, -0.1) is 0 Å². The van der Waals surface area contributed by atoms with Gasteiger partial charge in [-0.2, -0.15) is 0 Å². The molecule has 1 aromatic carbocycles. The van der Waals surface area contributed by atoms with Crippen molar-refractivity contribution in [2.24, 2.45) is 0 Å². The summed E-state index contributed by atoms with van der Waals surface area (Å²) in [6.45, 7) is 5.49. The molecule has 0 spiro atoms. The standard InChI is InChI=1S/C13H19Cl2NO/c1-2-8-17-9-7-16-6-5-11-3-4-12(14)10-13(11)15/h3-4,10,16H,2,5-9H2,1H3. The smallest absolute Gasteiger partial charge is 0.0590 e. The molecule has 0 unspecified atom stereocenters. The van der Waals surface area contributed by atoms with Crippen LogP contribution in [0, 0.1) is 0 Å². The first-order chi connectivity index (χ1) is 8.24. The molecule has 17 heavy (non-hydrogen) atoms. The van der Waals surface area contributed by atoms with E-state index in [2.05, 4.69) is 12.2 Å². The van der Waals surface area contributed by atoms with Gasteiger partial charge in [0.15, 0.2) is 0 Å². The van der Waals surface area contributed by atoms with Gasteiger partial charge in [0.1, 0.15) is 0 Å². The van der Waals surface area contributed by atoms with Crippen molar-refractivity contribution >= 4 is 23.2 Å². The molecule has 2 nitrogen and oxygen atoms in total. The van der Waals surface area contributed by atoms with Crippen LogP contribution >= 0.6 is 23.2 Å². The van der Waals surface area contributed by atoms with E-state index in [9.17, 15) is 0 Å². The summed E-state index contributed by atoms with van der Waals surface area (Å²) in [6.07, 6.45) is 1.98. The summed E-state index contributed by atoms with van der Waals surface area (Å²) in [5.41, 5.74) is 1.12. The third-order valence-electron chi connectivity index (χ3n) is 2.36. The molecule has 0 atom stereocenters. The maximum absolute atomic E-state index is 6.07. The lowest BCUT2D eigenvalue weighted by Crippen LogP contribution is -2.22. The highest BCUT2D eigenvalue weighted by molar-refractivity contribution is 6.35.